The molecule has 76 valence electrons. The smallest absolute Gasteiger partial charge is 0.130 e. The van der Waals surface area contributed by atoms with Gasteiger partial charge >= 0.3 is 0 Å². The van der Waals surface area contributed by atoms with Crippen LogP contribution < -0.4 is 0 Å². The highest BCUT2D eigenvalue weighted by molar-refractivity contribution is 9.10. The van der Waals surface area contributed by atoms with Gasteiger partial charge in [-0.3, -0.25) is 0 Å². The Morgan fingerprint density at radius 3 is 2.79 bits per heavy atom. The van der Waals surface area contributed by atoms with Crippen LogP contribution >= 0.6 is 15.9 Å². The third kappa shape index (κ3) is 2.21. The van der Waals surface area contributed by atoms with E-state index in [1.807, 2.05) is 13.0 Å². The molecule has 0 radical (unpaired) electrons. The maximum Gasteiger partial charge on any atom is 0.130 e. The summed E-state index contributed by atoms with van der Waals surface area (Å²) >= 11 is 3.30. The van der Waals surface area contributed by atoms with Crippen LogP contribution in [0, 0.1) is 12.7 Å². The van der Waals surface area contributed by atoms with Gasteiger partial charge in [0, 0.05) is 16.5 Å². The molecule has 0 saturated heterocycles. The summed E-state index contributed by atoms with van der Waals surface area (Å²) in [5.41, 5.74) is 1.21. The molecule has 1 atom stereocenters. The molecule has 0 aliphatic carbocycles. The average molecular weight is 259 g/mol. The molecule has 0 amide bonds. The molecule has 0 aliphatic rings. The SMILES string of the molecule is Cc1ccc(Br)c(C(C)CC=O)c1F. The minimum Gasteiger partial charge on any atom is -0.303 e. The van der Waals surface area contributed by atoms with E-state index in [2.05, 4.69) is 15.9 Å². The predicted octanol–water partition coefficient (Wildman–Crippen LogP) is 3.59. The van der Waals surface area contributed by atoms with Crippen molar-refractivity contribution in [3.63, 3.8) is 0 Å². The summed E-state index contributed by atoms with van der Waals surface area (Å²) in [4.78, 5) is 10.4. The Hall–Kier alpha value is -0.700. The standard InChI is InChI=1S/C11H12BrFO/c1-7(5-6-14)10-9(12)4-3-8(2)11(10)13/h3-4,6-7H,5H2,1-2H3. The number of carbonyl (C=O) groups excluding carboxylic acids is 1. The highest BCUT2D eigenvalue weighted by Gasteiger charge is 2.15. The van der Waals surface area contributed by atoms with E-state index in [9.17, 15) is 9.18 Å². The lowest BCUT2D eigenvalue weighted by Crippen LogP contribution is -2.01. The number of benzene rings is 1. The molecular weight excluding hydrogens is 247 g/mol. The van der Waals surface area contributed by atoms with Crippen LogP contribution in [-0.4, -0.2) is 6.29 Å². The van der Waals surface area contributed by atoms with Gasteiger partial charge in [-0.05, 0) is 24.5 Å². The molecule has 1 unspecified atom stereocenters. The first-order valence-corrected chi connectivity index (χ1v) is 5.25. The van der Waals surface area contributed by atoms with Crippen molar-refractivity contribution in [2.45, 2.75) is 26.2 Å². The quantitative estimate of drug-likeness (QED) is 0.758. The zero-order chi connectivity index (χ0) is 10.7. The van der Waals surface area contributed by atoms with Crippen molar-refractivity contribution in [1.29, 1.82) is 0 Å². The molecule has 1 aromatic carbocycles. The molecule has 14 heavy (non-hydrogen) atoms. The minimum absolute atomic E-state index is 0.0817. The van der Waals surface area contributed by atoms with Gasteiger partial charge in [-0.25, -0.2) is 4.39 Å². The highest BCUT2D eigenvalue weighted by atomic mass is 79.9. The summed E-state index contributed by atoms with van der Waals surface area (Å²) in [6.45, 7) is 3.57. The van der Waals surface area contributed by atoms with Crippen LogP contribution in [0.2, 0.25) is 0 Å². The number of carbonyl (C=O) groups is 1. The van der Waals surface area contributed by atoms with E-state index >= 15 is 0 Å². The fourth-order valence-electron chi connectivity index (χ4n) is 1.39. The van der Waals surface area contributed by atoms with Gasteiger partial charge < -0.3 is 4.79 Å². The van der Waals surface area contributed by atoms with Crippen molar-refractivity contribution in [2.75, 3.05) is 0 Å². The normalized spacial score (nSPS) is 12.6. The van der Waals surface area contributed by atoms with Gasteiger partial charge in [0.05, 0.1) is 0 Å². The monoisotopic (exact) mass is 258 g/mol. The molecule has 3 heteroatoms. The summed E-state index contributed by atoms with van der Waals surface area (Å²) < 4.78 is 14.4. The van der Waals surface area contributed by atoms with Crippen LogP contribution in [0.4, 0.5) is 4.39 Å². The molecule has 0 spiro atoms. The fraction of sp³-hybridized carbons (Fsp3) is 0.364. The van der Waals surface area contributed by atoms with Gasteiger partial charge in [0.25, 0.3) is 0 Å². The Morgan fingerprint density at radius 2 is 2.21 bits per heavy atom. The van der Waals surface area contributed by atoms with Crippen LogP contribution in [0.5, 0.6) is 0 Å². The predicted molar refractivity (Wildman–Crippen MR) is 57.9 cm³/mol. The van der Waals surface area contributed by atoms with Gasteiger partial charge in [-0.2, -0.15) is 0 Å². The molecular formula is C11H12BrFO. The molecule has 0 aliphatic heterocycles. The second-order valence-electron chi connectivity index (χ2n) is 3.40. The first kappa shape index (κ1) is 11.4. The second kappa shape index (κ2) is 4.69. The van der Waals surface area contributed by atoms with Gasteiger partial charge in [0.15, 0.2) is 0 Å². The Labute approximate surface area is 91.5 Å². The van der Waals surface area contributed by atoms with E-state index in [0.717, 1.165) is 10.8 Å². The van der Waals surface area contributed by atoms with E-state index in [1.165, 1.54) is 0 Å². The maximum absolute atomic E-state index is 13.7. The number of rotatable bonds is 3. The zero-order valence-electron chi connectivity index (χ0n) is 8.18. The number of aldehydes is 1. The Morgan fingerprint density at radius 1 is 1.57 bits per heavy atom. The summed E-state index contributed by atoms with van der Waals surface area (Å²) in [6.07, 6.45) is 1.16. The Balaban J connectivity index is 3.17. The molecule has 0 saturated carbocycles. The van der Waals surface area contributed by atoms with E-state index in [-0.39, 0.29) is 11.7 Å². The van der Waals surface area contributed by atoms with Crippen molar-refractivity contribution >= 4 is 22.2 Å². The van der Waals surface area contributed by atoms with Crippen LogP contribution in [0.3, 0.4) is 0 Å². The number of hydrogen-bond donors (Lipinski definition) is 0. The first-order chi connectivity index (χ1) is 6.57. The van der Waals surface area contributed by atoms with Crippen molar-refractivity contribution in [3.05, 3.63) is 33.5 Å². The number of aryl methyl sites for hydroxylation is 1. The van der Waals surface area contributed by atoms with Crippen molar-refractivity contribution in [2.24, 2.45) is 0 Å². The number of halogens is 2. The van der Waals surface area contributed by atoms with Crippen LogP contribution in [-0.2, 0) is 4.79 Å². The first-order valence-electron chi connectivity index (χ1n) is 4.46. The van der Waals surface area contributed by atoms with Crippen molar-refractivity contribution < 1.29 is 9.18 Å². The second-order valence-corrected chi connectivity index (χ2v) is 4.25. The van der Waals surface area contributed by atoms with E-state index < -0.39 is 0 Å². The topological polar surface area (TPSA) is 17.1 Å². The fourth-order valence-corrected chi connectivity index (χ4v) is 2.09. The van der Waals surface area contributed by atoms with Gasteiger partial charge in [0.1, 0.15) is 12.1 Å². The van der Waals surface area contributed by atoms with E-state index in [1.54, 1.807) is 13.0 Å². The third-order valence-electron chi connectivity index (χ3n) is 2.26. The molecule has 0 aromatic heterocycles. The third-order valence-corrected chi connectivity index (χ3v) is 2.95. The summed E-state index contributed by atoms with van der Waals surface area (Å²) in [6, 6.07) is 3.53. The number of hydrogen-bond acceptors (Lipinski definition) is 1. The molecule has 0 heterocycles. The lowest BCUT2D eigenvalue weighted by molar-refractivity contribution is -0.108. The van der Waals surface area contributed by atoms with Crippen LogP contribution in [0.15, 0.2) is 16.6 Å². The Kier molecular flexibility index (Phi) is 3.81. The van der Waals surface area contributed by atoms with E-state index in [0.29, 0.717) is 17.5 Å². The van der Waals surface area contributed by atoms with Crippen molar-refractivity contribution in [3.8, 4) is 0 Å². The zero-order valence-corrected chi connectivity index (χ0v) is 9.77. The van der Waals surface area contributed by atoms with E-state index in [4.69, 9.17) is 0 Å². The Bertz CT molecular complexity index is 349. The maximum atomic E-state index is 13.7. The van der Waals surface area contributed by atoms with Crippen LogP contribution in [0.25, 0.3) is 0 Å². The largest absolute Gasteiger partial charge is 0.303 e. The molecule has 1 aromatic rings. The highest BCUT2D eigenvalue weighted by Crippen LogP contribution is 2.30. The molecule has 1 nitrogen and oxygen atoms in total. The van der Waals surface area contributed by atoms with Crippen LogP contribution in [0.1, 0.15) is 30.4 Å². The summed E-state index contributed by atoms with van der Waals surface area (Å²) in [5, 5.41) is 0. The molecule has 0 fully saturated rings. The average Bonchev–Trinajstić information content (AvgIpc) is 2.13. The van der Waals surface area contributed by atoms with Gasteiger partial charge in [-0.15, -0.1) is 0 Å². The lowest BCUT2D eigenvalue weighted by atomic mass is 9.96. The van der Waals surface area contributed by atoms with Crippen molar-refractivity contribution in [1.82, 2.24) is 0 Å². The van der Waals surface area contributed by atoms with Gasteiger partial charge in [-0.1, -0.05) is 28.9 Å². The minimum atomic E-state index is -0.214. The summed E-state index contributed by atoms with van der Waals surface area (Å²) in [5.74, 6) is -0.296. The van der Waals surface area contributed by atoms with Gasteiger partial charge in [0.2, 0.25) is 0 Å². The molecule has 1 rings (SSSR count). The summed E-state index contributed by atoms with van der Waals surface area (Å²) in [7, 11) is 0. The molecule has 0 N–H and O–H groups in total. The lowest BCUT2D eigenvalue weighted by Gasteiger charge is -2.13. The molecule has 0 bridgehead atoms.